The van der Waals surface area contributed by atoms with Crippen molar-refractivity contribution < 1.29 is 16.8 Å². The number of sulfonamides is 2. The SMILES string of the molecule is CC#C[C@H]1CN(S(=O)(=O)c2ccc(N)nc2)CCN1c1ccc(S(=O)(=O)NCCC)cc1. The highest BCUT2D eigenvalue weighted by Crippen LogP contribution is 2.25. The van der Waals surface area contributed by atoms with Gasteiger partial charge in [-0.2, -0.15) is 4.31 Å². The van der Waals surface area contributed by atoms with Gasteiger partial charge in [0.1, 0.15) is 16.8 Å². The second-order valence-corrected chi connectivity index (χ2v) is 11.0. The predicted molar refractivity (Wildman–Crippen MR) is 124 cm³/mol. The van der Waals surface area contributed by atoms with Crippen LogP contribution in [-0.2, 0) is 20.0 Å². The molecule has 0 saturated carbocycles. The van der Waals surface area contributed by atoms with Crippen LogP contribution in [0.4, 0.5) is 11.5 Å². The van der Waals surface area contributed by atoms with Crippen molar-refractivity contribution in [2.24, 2.45) is 0 Å². The summed E-state index contributed by atoms with van der Waals surface area (Å²) in [5.41, 5.74) is 6.34. The molecule has 0 amide bonds. The average Bonchev–Trinajstić information content (AvgIpc) is 2.78. The van der Waals surface area contributed by atoms with Crippen LogP contribution in [0.3, 0.4) is 0 Å². The number of pyridine rings is 1. The molecule has 1 aromatic carbocycles. The zero-order chi connectivity index (χ0) is 23.4. The van der Waals surface area contributed by atoms with E-state index in [1.807, 2.05) is 11.8 Å². The standard InChI is InChI=1S/C21H27N5O4S2/c1-3-5-18-16-25(32(29,30)20-10-11-21(22)23-15-20)13-14-26(18)17-6-8-19(9-7-17)31(27,28)24-12-4-2/h6-11,15,18,24H,4,12-14,16H2,1-2H3,(H2,22,23)/t18-/m0/s1. The van der Waals surface area contributed by atoms with Crippen LogP contribution >= 0.6 is 0 Å². The van der Waals surface area contributed by atoms with Gasteiger partial charge in [-0.25, -0.2) is 26.5 Å². The Labute approximate surface area is 189 Å². The van der Waals surface area contributed by atoms with E-state index in [1.165, 1.54) is 22.6 Å². The highest BCUT2D eigenvalue weighted by Gasteiger charge is 2.34. The van der Waals surface area contributed by atoms with Crippen LogP contribution in [0, 0.1) is 11.8 Å². The summed E-state index contributed by atoms with van der Waals surface area (Å²) < 4.78 is 54.7. The first-order chi connectivity index (χ1) is 15.2. The number of hydrogen-bond donors (Lipinski definition) is 2. The van der Waals surface area contributed by atoms with E-state index in [-0.39, 0.29) is 34.7 Å². The molecule has 11 heteroatoms. The molecule has 0 spiro atoms. The van der Waals surface area contributed by atoms with E-state index in [9.17, 15) is 16.8 Å². The van der Waals surface area contributed by atoms with Crippen molar-refractivity contribution in [1.29, 1.82) is 0 Å². The normalized spacial score (nSPS) is 17.6. The number of nitrogens with zero attached hydrogens (tertiary/aromatic N) is 3. The fourth-order valence-corrected chi connectivity index (χ4v) is 5.92. The minimum absolute atomic E-state index is 0.0810. The maximum Gasteiger partial charge on any atom is 0.244 e. The Morgan fingerprint density at radius 1 is 1.09 bits per heavy atom. The Bertz CT molecular complexity index is 1200. The molecule has 1 fully saturated rings. The molecule has 3 N–H and O–H groups in total. The molecule has 9 nitrogen and oxygen atoms in total. The molecule has 0 radical (unpaired) electrons. The molecule has 3 rings (SSSR count). The molecule has 1 aliphatic heterocycles. The molecule has 1 saturated heterocycles. The summed E-state index contributed by atoms with van der Waals surface area (Å²) in [6.45, 7) is 4.80. The highest BCUT2D eigenvalue weighted by molar-refractivity contribution is 7.89. The molecular formula is C21H27N5O4S2. The molecular weight excluding hydrogens is 450 g/mol. The minimum Gasteiger partial charge on any atom is -0.384 e. The van der Waals surface area contributed by atoms with E-state index in [2.05, 4.69) is 21.5 Å². The summed E-state index contributed by atoms with van der Waals surface area (Å²) in [4.78, 5) is 6.14. The van der Waals surface area contributed by atoms with Crippen LogP contribution < -0.4 is 15.4 Å². The molecule has 2 aromatic rings. The van der Waals surface area contributed by atoms with Crippen molar-refractivity contribution in [2.45, 2.75) is 36.1 Å². The van der Waals surface area contributed by atoms with Gasteiger partial charge < -0.3 is 10.6 Å². The third kappa shape index (κ3) is 5.21. The van der Waals surface area contributed by atoms with Gasteiger partial charge in [-0.1, -0.05) is 12.8 Å². The summed E-state index contributed by atoms with van der Waals surface area (Å²) in [7, 11) is -7.29. The lowest BCUT2D eigenvalue weighted by atomic mass is 10.1. The van der Waals surface area contributed by atoms with Gasteiger partial charge in [0.15, 0.2) is 0 Å². The van der Waals surface area contributed by atoms with Crippen LogP contribution in [0.25, 0.3) is 0 Å². The molecule has 172 valence electrons. The van der Waals surface area contributed by atoms with Crippen molar-refractivity contribution in [1.82, 2.24) is 14.0 Å². The molecule has 2 heterocycles. The largest absolute Gasteiger partial charge is 0.384 e. The average molecular weight is 478 g/mol. The monoisotopic (exact) mass is 477 g/mol. The summed E-state index contributed by atoms with van der Waals surface area (Å²) in [5, 5.41) is 0. The Morgan fingerprint density at radius 3 is 2.38 bits per heavy atom. The molecule has 1 atom stereocenters. The predicted octanol–water partition coefficient (Wildman–Crippen LogP) is 1.25. The van der Waals surface area contributed by atoms with Crippen LogP contribution in [0.1, 0.15) is 20.3 Å². The van der Waals surface area contributed by atoms with E-state index in [1.54, 1.807) is 31.2 Å². The van der Waals surface area contributed by atoms with Gasteiger partial charge in [-0.15, -0.1) is 5.92 Å². The van der Waals surface area contributed by atoms with E-state index >= 15 is 0 Å². The van der Waals surface area contributed by atoms with Crippen molar-refractivity contribution in [3.63, 3.8) is 0 Å². The van der Waals surface area contributed by atoms with E-state index < -0.39 is 20.0 Å². The van der Waals surface area contributed by atoms with Gasteiger partial charge in [0.25, 0.3) is 0 Å². The van der Waals surface area contributed by atoms with Crippen molar-refractivity contribution in [3.8, 4) is 11.8 Å². The van der Waals surface area contributed by atoms with Gasteiger partial charge in [0.05, 0.1) is 4.90 Å². The first-order valence-electron chi connectivity index (χ1n) is 10.2. The summed E-state index contributed by atoms with van der Waals surface area (Å²) in [5.74, 6) is 6.19. The Morgan fingerprint density at radius 2 is 1.78 bits per heavy atom. The third-order valence-electron chi connectivity index (χ3n) is 5.07. The Hall–Kier alpha value is -2.65. The van der Waals surface area contributed by atoms with E-state index in [4.69, 9.17) is 5.73 Å². The fraction of sp³-hybridized carbons (Fsp3) is 0.381. The van der Waals surface area contributed by atoms with Gasteiger partial charge in [0, 0.05) is 38.1 Å². The van der Waals surface area contributed by atoms with Crippen LogP contribution in [0.2, 0.25) is 0 Å². The third-order valence-corrected chi connectivity index (χ3v) is 8.40. The summed E-state index contributed by atoms with van der Waals surface area (Å²) >= 11 is 0. The fourth-order valence-electron chi connectivity index (χ4n) is 3.41. The number of benzene rings is 1. The topological polar surface area (TPSA) is 126 Å². The summed E-state index contributed by atoms with van der Waals surface area (Å²) in [6, 6.07) is 9.05. The zero-order valence-corrected chi connectivity index (χ0v) is 19.7. The lowest BCUT2D eigenvalue weighted by Crippen LogP contribution is -2.54. The quantitative estimate of drug-likeness (QED) is 0.575. The number of piperazine rings is 1. The minimum atomic E-state index is -3.74. The number of hydrogen-bond acceptors (Lipinski definition) is 7. The smallest absolute Gasteiger partial charge is 0.244 e. The van der Waals surface area contributed by atoms with Gasteiger partial charge >= 0.3 is 0 Å². The second-order valence-electron chi connectivity index (χ2n) is 7.28. The van der Waals surface area contributed by atoms with Gasteiger partial charge in [0.2, 0.25) is 20.0 Å². The van der Waals surface area contributed by atoms with Crippen molar-refractivity contribution in [3.05, 3.63) is 42.6 Å². The number of nitrogen functional groups attached to an aromatic ring is 1. The van der Waals surface area contributed by atoms with Crippen LogP contribution in [0.15, 0.2) is 52.4 Å². The number of anilines is 2. The second kappa shape index (κ2) is 9.87. The van der Waals surface area contributed by atoms with Gasteiger partial charge in [-0.05, 0) is 49.7 Å². The zero-order valence-electron chi connectivity index (χ0n) is 18.0. The van der Waals surface area contributed by atoms with Crippen molar-refractivity contribution >= 4 is 31.6 Å². The van der Waals surface area contributed by atoms with Gasteiger partial charge in [-0.3, -0.25) is 0 Å². The summed E-state index contributed by atoms with van der Waals surface area (Å²) in [6.07, 6.45) is 1.96. The first kappa shape index (κ1) is 24.0. The maximum absolute atomic E-state index is 13.0. The van der Waals surface area contributed by atoms with Crippen LogP contribution in [0.5, 0.6) is 0 Å². The number of nitrogens with two attached hydrogens (primary N) is 1. The molecule has 0 unspecified atom stereocenters. The number of rotatable bonds is 7. The van der Waals surface area contributed by atoms with E-state index in [0.717, 1.165) is 5.69 Å². The highest BCUT2D eigenvalue weighted by atomic mass is 32.2. The molecule has 1 aromatic heterocycles. The Balaban J connectivity index is 1.81. The maximum atomic E-state index is 13.0. The lowest BCUT2D eigenvalue weighted by molar-refractivity contribution is 0.360. The molecule has 32 heavy (non-hydrogen) atoms. The number of nitrogens with one attached hydrogen (secondary N) is 1. The first-order valence-corrected chi connectivity index (χ1v) is 13.1. The molecule has 1 aliphatic rings. The molecule has 0 bridgehead atoms. The van der Waals surface area contributed by atoms with Crippen LogP contribution in [-0.4, -0.2) is 58.3 Å². The van der Waals surface area contributed by atoms with Crippen molar-refractivity contribution in [2.75, 3.05) is 36.8 Å². The molecule has 0 aliphatic carbocycles. The van der Waals surface area contributed by atoms with E-state index in [0.29, 0.717) is 19.5 Å². The Kier molecular flexibility index (Phi) is 7.40. The lowest BCUT2D eigenvalue weighted by Gasteiger charge is -2.39. The number of aromatic nitrogens is 1.